The summed E-state index contributed by atoms with van der Waals surface area (Å²) in [5.74, 6) is -0.294. The van der Waals surface area contributed by atoms with Crippen molar-refractivity contribution in [2.75, 3.05) is 32.8 Å². The standard InChI is InChI=1S/C10H20O5Si/c1-9(11)15-7-13-8-16-4-2-3-12-5-10-6-14-10/h10H,2-8,16H2,1H3. The molecule has 0 aromatic rings. The zero-order valence-corrected chi connectivity index (χ0v) is 11.2. The minimum Gasteiger partial charge on any atom is -0.439 e. The number of carbonyl (C=O) groups excluding carboxylic acids is 1. The van der Waals surface area contributed by atoms with E-state index >= 15 is 0 Å². The summed E-state index contributed by atoms with van der Waals surface area (Å²) in [7, 11) is -0.190. The largest absolute Gasteiger partial charge is 0.439 e. The molecule has 0 aliphatic carbocycles. The Morgan fingerprint density at radius 1 is 1.50 bits per heavy atom. The zero-order valence-electron chi connectivity index (χ0n) is 9.78. The van der Waals surface area contributed by atoms with Crippen LogP contribution in [0.4, 0.5) is 0 Å². The number of hydrogen-bond acceptors (Lipinski definition) is 5. The van der Waals surface area contributed by atoms with Crippen LogP contribution in [0.5, 0.6) is 0 Å². The molecule has 0 aromatic carbocycles. The molecule has 1 unspecified atom stereocenters. The summed E-state index contributed by atoms with van der Waals surface area (Å²) in [6.07, 6.45) is 2.22. The van der Waals surface area contributed by atoms with Gasteiger partial charge < -0.3 is 18.9 Å². The molecular formula is C10H20O5Si. The molecule has 6 heteroatoms. The van der Waals surface area contributed by atoms with Crippen molar-refractivity contribution in [3.05, 3.63) is 0 Å². The number of rotatable bonds is 10. The normalized spacial score (nSPS) is 19.2. The Balaban J connectivity index is 1.66. The molecule has 1 aliphatic heterocycles. The lowest BCUT2D eigenvalue weighted by molar-refractivity contribution is -0.151. The highest BCUT2D eigenvalue weighted by atomic mass is 28.2. The Morgan fingerprint density at radius 2 is 2.31 bits per heavy atom. The first kappa shape index (κ1) is 13.6. The van der Waals surface area contributed by atoms with Crippen LogP contribution in [0.1, 0.15) is 13.3 Å². The lowest BCUT2D eigenvalue weighted by Crippen LogP contribution is -2.10. The fourth-order valence-corrected chi connectivity index (χ4v) is 2.23. The summed E-state index contributed by atoms with van der Waals surface area (Å²) in [5, 5.41) is 0. The van der Waals surface area contributed by atoms with Crippen molar-refractivity contribution < 1.29 is 23.7 Å². The van der Waals surface area contributed by atoms with Gasteiger partial charge >= 0.3 is 5.97 Å². The second kappa shape index (κ2) is 8.69. The van der Waals surface area contributed by atoms with E-state index in [1.807, 2.05) is 0 Å². The van der Waals surface area contributed by atoms with E-state index in [0.29, 0.717) is 6.10 Å². The maximum absolute atomic E-state index is 10.4. The van der Waals surface area contributed by atoms with Crippen molar-refractivity contribution in [3.8, 4) is 0 Å². The molecule has 1 saturated heterocycles. The van der Waals surface area contributed by atoms with Gasteiger partial charge in [-0.05, 0) is 6.42 Å². The van der Waals surface area contributed by atoms with Crippen LogP contribution in [0, 0.1) is 0 Å². The van der Waals surface area contributed by atoms with E-state index in [4.69, 9.17) is 14.2 Å². The molecule has 0 amide bonds. The number of hydrogen-bond donors (Lipinski definition) is 0. The number of esters is 1. The molecule has 1 rings (SSSR count). The minimum atomic E-state index is -0.294. The van der Waals surface area contributed by atoms with Gasteiger partial charge in [-0.3, -0.25) is 4.79 Å². The van der Waals surface area contributed by atoms with Gasteiger partial charge in [-0.1, -0.05) is 6.04 Å². The van der Waals surface area contributed by atoms with Gasteiger partial charge in [0.25, 0.3) is 0 Å². The maximum Gasteiger partial charge on any atom is 0.304 e. The van der Waals surface area contributed by atoms with Crippen LogP contribution in [-0.4, -0.2) is 54.4 Å². The van der Waals surface area contributed by atoms with Gasteiger partial charge in [-0.15, -0.1) is 0 Å². The number of carbonyl (C=O) groups is 1. The number of epoxide rings is 1. The van der Waals surface area contributed by atoms with E-state index in [9.17, 15) is 4.79 Å². The van der Waals surface area contributed by atoms with Crippen LogP contribution < -0.4 is 0 Å². The van der Waals surface area contributed by atoms with Gasteiger partial charge in [0, 0.05) is 19.8 Å². The SMILES string of the molecule is CC(=O)OCOC[SiH2]CCCOCC1CO1. The summed E-state index contributed by atoms with van der Waals surface area (Å²) >= 11 is 0. The molecule has 94 valence electrons. The quantitative estimate of drug-likeness (QED) is 0.177. The molecule has 5 nitrogen and oxygen atoms in total. The average molecular weight is 248 g/mol. The molecule has 1 fully saturated rings. The molecule has 1 heterocycles. The van der Waals surface area contributed by atoms with E-state index < -0.39 is 0 Å². The smallest absolute Gasteiger partial charge is 0.304 e. The third-order valence-corrected chi connectivity index (χ3v) is 3.71. The van der Waals surface area contributed by atoms with Crippen molar-refractivity contribution in [1.29, 1.82) is 0 Å². The maximum atomic E-state index is 10.4. The molecule has 0 saturated carbocycles. The van der Waals surface area contributed by atoms with Crippen molar-refractivity contribution in [3.63, 3.8) is 0 Å². The van der Waals surface area contributed by atoms with E-state index in [1.54, 1.807) is 0 Å². The van der Waals surface area contributed by atoms with Crippen molar-refractivity contribution in [2.24, 2.45) is 0 Å². The third-order valence-electron chi connectivity index (χ3n) is 2.13. The second-order valence-electron chi connectivity index (χ2n) is 3.75. The molecule has 0 bridgehead atoms. The summed E-state index contributed by atoms with van der Waals surface area (Å²) in [4.78, 5) is 10.4. The Labute approximate surface area is 98.2 Å². The fraction of sp³-hybridized carbons (Fsp3) is 0.900. The Morgan fingerprint density at radius 3 is 3.00 bits per heavy atom. The predicted molar refractivity (Wildman–Crippen MR) is 61.1 cm³/mol. The van der Waals surface area contributed by atoms with Crippen LogP contribution in [0.15, 0.2) is 0 Å². The highest BCUT2D eigenvalue weighted by Crippen LogP contribution is 2.08. The lowest BCUT2D eigenvalue weighted by atomic mass is 10.5. The monoisotopic (exact) mass is 248 g/mol. The summed E-state index contributed by atoms with van der Waals surface area (Å²) in [6.45, 7) is 3.89. The van der Waals surface area contributed by atoms with Gasteiger partial charge in [0.05, 0.1) is 22.7 Å². The topological polar surface area (TPSA) is 57.3 Å². The van der Waals surface area contributed by atoms with Crippen LogP contribution in [0.25, 0.3) is 0 Å². The van der Waals surface area contributed by atoms with Crippen LogP contribution in [-0.2, 0) is 23.7 Å². The number of ether oxygens (including phenoxy) is 4. The van der Waals surface area contributed by atoms with Gasteiger partial charge in [0.15, 0.2) is 6.79 Å². The van der Waals surface area contributed by atoms with Crippen molar-refractivity contribution in [2.45, 2.75) is 25.5 Å². The Kier molecular flexibility index (Phi) is 7.40. The molecule has 0 N–H and O–H groups in total. The molecule has 1 aliphatic rings. The Bertz CT molecular complexity index is 196. The molecule has 0 spiro atoms. The van der Waals surface area contributed by atoms with Crippen molar-refractivity contribution >= 4 is 15.5 Å². The summed E-state index contributed by atoms with van der Waals surface area (Å²) < 4.78 is 20.2. The molecule has 16 heavy (non-hydrogen) atoms. The van der Waals surface area contributed by atoms with Gasteiger partial charge in [-0.2, -0.15) is 0 Å². The molecule has 0 radical (unpaired) electrons. The first-order valence-corrected chi connectivity index (χ1v) is 7.69. The van der Waals surface area contributed by atoms with Crippen molar-refractivity contribution in [1.82, 2.24) is 0 Å². The fourth-order valence-electron chi connectivity index (χ4n) is 1.15. The van der Waals surface area contributed by atoms with Gasteiger partial charge in [-0.25, -0.2) is 0 Å². The first-order valence-electron chi connectivity index (χ1n) is 5.69. The van der Waals surface area contributed by atoms with E-state index in [-0.39, 0.29) is 22.3 Å². The molecular weight excluding hydrogens is 228 g/mol. The van der Waals surface area contributed by atoms with E-state index in [1.165, 1.54) is 13.0 Å². The first-order chi connectivity index (χ1) is 7.79. The molecule has 0 aromatic heterocycles. The zero-order chi connectivity index (χ0) is 11.6. The minimum absolute atomic E-state index is 0.0951. The third kappa shape index (κ3) is 8.84. The van der Waals surface area contributed by atoms with Crippen LogP contribution in [0.3, 0.4) is 0 Å². The van der Waals surface area contributed by atoms with Gasteiger partial charge in [0.1, 0.15) is 6.10 Å². The average Bonchev–Trinajstić information content (AvgIpc) is 3.04. The van der Waals surface area contributed by atoms with E-state index in [2.05, 4.69) is 4.74 Å². The second-order valence-corrected chi connectivity index (χ2v) is 5.58. The highest BCUT2D eigenvalue weighted by molar-refractivity contribution is 6.35. The summed E-state index contributed by atoms with van der Waals surface area (Å²) in [6, 6.07) is 1.20. The predicted octanol–water partition coefficient (Wildman–Crippen LogP) is -0.126. The highest BCUT2D eigenvalue weighted by Gasteiger charge is 2.21. The molecule has 1 atom stereocenters. The van der Waals surface area contributed by atoms with Gasteiger partial charge in [0.2, 0.25) is 0 Å². The summed E-state index contributed by atoms with van der Waals surface area (Å²) in [5.41, 5.74) is 0. The Hall–Kier alpha value is -0.433. The van der Waals surface area contributed by atoms with E-state index in [0.717, 1.165) is 32.5 Å². The van der Waals surface area contributed by atoms with Crippen LogP contribution >= 0.6 is 0 Å². The lowest BCUT2D eigenvalue weighted by Gasteiger charge is -2.04. The van der Waals surface area contributed by atoms with Crippen LogP contribution in [0.2, 0.25) is 6.04 Å².